The molecule has 29 heavy (non-hydrogen) atoms. The maximum atomic E-state index is 12.6. The molecule has 0 spiro atoms. The number of ether oxygens (including phenoxy) is 1. The van der Waals surface area contributed by atoms with Gasteiger partial charge in [-0.3, -0.25) is 15.5 Å². The Kier molecular flexibility index (Phi) is 7.29. The number of hydrogen-bond donors (Lipinski definition) is 1. The van der Waals surface area contributed by atoms with Crippen LogP contribution in [0.1, 0.15) is 26.3 Å². The molecule has 0 aliphatic heterocycles. The largest absolute Gasteiger partial charge is 0.497 e. The summed E-state index contributed by atoms with van der Waals surface area (Å²) in [7, 11) is -2.25. The van der Waals surface area contributed by atoms with Crippen molar-refractivity contribution in [1.29, 1.82) is 0 Å². The number of anilines is 1. The summed E-state index contributed by atoms with van der Waals surface area (Å²) in [5.41, 5.74) is 3.74. The third-order valence-corrected chi connectivity index (χ3v) is 6.39. The summed E-state index contributed by atoms with van der Waals surface area (Å²) >= 11 is 0. The molecule has 0 aliphatic rings. The molecular formula is C19H24N4O5S. The Morgan fingerprint density at radius 3 is 2.48 bits per heavy atom. The first-order valence-electron chi connectivity index (χ1n) is 8.97. The molecule has 2 rings (SSSR count). The van der Waals surface area contributed by atoms with Gasteiger partial charge in [0.2, 0.25) is 10.0 Å². The van der Waals surface area contributed by atoms with Gasteiger partial charge in [-0.2, -0.15) is 9.41 Å². The summed E-state index contributed by atoms with van der Waals surface area (Å²) < 4.78 is 31.7. The molecule has 9 nitrogen and oxygen atoms in total. The first-order valence-corrected chi connectivity index (χ1v) is 10.4. The molecule has 2 aromatic rings. The summed E-state index contributed by atoms with van der Waals surface area (Å²) in [4.78, 5) is 10.7. The van der Waals surface area contributed by atoms with Crippen molar-refractivity contribution in [3.05, 3.63) is 58.1 Å². The van der Waals surface area contributed by atoms with Crippen LogP contribution in [-0.4, -0.2) is 43.6 Å². The Labute approximate surface area is 170 Å². The number of nitro benzene ring substituents is 1. The molecule has 10 heteroatoms. The van der Waals surface area contributed by atoms with Crippen LogP contribution in [0.4, 0.5) is 11.4 Å². The highest BCUT2D eigenvalue weighted by Gasteiger charge is 2.25. The summed E-state index contributed by atoms with van der Waals surface area (Å²) in [5, 5.41) is 15.7. The van der Waals surface area contributed by atoms with Crippen molar-refractivity contribution in [3.63, 3.8) is 0 Å². The molecule has 0 atom stereocenters. The molecule has 0 aliphatic carbocycles. The lowest BCUT2D eigenvalue weighted by molar-refractivity contribution is -0.384. The molecule has 0 saturated heterocycles. The van der Waals surface area contributed by atoms with Crippen LogP contribution >= 0.6 is 0 Å². The fourth-order valence-corrected chi connectivity index (χ4v) is 4.17. The Morgan fingerprint density at radius 1 is 1.21 bits per heavy atom. The van der Waals surface area contributed by atoms with E-state index in [-0.39, 0.29) is 29.4 Å². The van der Waals surface area contributed by atoms with Crippen molar-refractivity contribution in [3.8, 4) is 5.75 Å². The lowest BCUT2D eigenvalue weighted by Crippen LogP contribution is -2.30. The summed E-state index contributed by atoms with van der Waals surface area (Å²) in [6, 6.07) is 10.9. The van der Waals surface area contributed by atoms with Gasteiger partial charge in [-0.05, 0) is 31.2 Å². The number of nitro groups is 1. The highest BCUT2D eigenvalue weighted by atomic mass is 32.2. The van der Waals surface area contributed by atoms with Gasteiger partial charge in [-0.25, -0.2) is 8.42 Å². The summed E-state index contributed by atoms with van der Waals surface area (Å²) in [5.74, 6) is 0.661. The lowest BCUT2D eigenvalue weighted by Gasteiger charge is -2.18. The van der Waals surface area contributed by atoms with E-state index in [0.29, 0.717) is 11.5 Å². The predicted octanol–water partition coefficient (Wildman–Crippen LogP) is 3.47. The molecule has 2 aromatic carbocycles. The van der Waals surface area contributed by atoms with E-state index in [4.69, 9.17) is 4.74 Å². The fourth-order valence-electron chi connectivity index (χ4n) is 2.69. The van der Waals surface area contributed by atoms with Gasteiger partial charge in [-0.15, -0.1) is 0 Å². The average molecular weight is 420 g/mol. The molecule has 0 amide bonds. The fraction of sp³-hybridized carbons (Fsp3) is 0.316. The maximum absolute atomic E-state index is 12.6. The number of hydrazone groups is 1. The van der Waals surface area contributed by atoms with Crippen LogP contribution in [0.3, 0.4) is 0 Å². The Morgan fingerprint density at radius 2 is 1.90 bits per heavy atom. The van der Waals surface area contributed by atoms with Crippen molar-refractivity contribution in [1.82, 2.24) is 4.31 Å². The van der Waals surface area contributed by atoms with Crippen LogP contribution in [0.15, 0.2) is 52.5 Å². The van der Waals surface area contributed by atoms with Crippen LogP contribution in [0.2, 0.25) is 0 Å². The van der Waals surface area contributed by atoms with E-state index in [1.807, 2.05) is 12.1 Å². The predicted molar refractivity (Wildman–Crippen MR) is 112 cm³/mol. The first-order chi connectivity index (χ1) is 13.7. The molecule has 0 aromatic heterocycles. The van der Waals surface area contributed by atoms with Crippen LogP contribution in [0, 0.1) is 10.1 Å². The Bertz CT molecular complexity index is 1020. The second-order valence-corrected chi connectivity index (χ2v) is 8.00. The van der Waals surface area contributed by atoms with Crippen molar-refractivity contribution in [2.75, 3.05) is 25.6 Å². The molecule has 156 valence electrons. The van der Waals surface area contributed by atoms with E-state index < -0.39 is 14.9 Å². The van der Waals surface area contributed by atoms with E-state index in [0.717, 1.165) is 11.6 Å². The minimum atomic E-state index is -3.80. The number of nitrogens with one attached hydrogen (secondary N) is 1. The summed E-state index contributed by atoms with van der Waals surface area (Å²) in [6.07, 6.45) is 0. The van der Waals surface area contributed by atoms with E-state index in [1.165, 1.54) is 16.4 Å². The van der Waals surface area contributed by atoms with E-state index >= 15 is 0 Å². The normalized spacial score (nSPS) is 12.1. The zero-order chi connectivity index (χ0) is 21.6. The van der Waals surface area contributed by atoms with Gasteiger partial charge in [0.25, 0.3) is 5.69 Å². The van der Waals surface area contributed by atoms with Crippen molar-refractivity contribution < 1.29 is 18.1 Å². The van der Waals surface area contributed by atoms with Crippen LogP contribution < -0.4 is 10.2 Å². The molecule has 0 bridgehead atoms. The van der Waals surface area contributed by atoms with E-state index in [9.17, 15) is 18.5 Å². The first kappa shape index (κ1) is 22.3. The molecular weight excluding hydrogens is 396 g/mol. The van der Waals surface area contributed by atoms with Gasteiger partial charge in [0.1, 0.15) is 11.4 Å². The van der Waals surface area contributed by atoms with Crippen molar-refractivity contribution in [2.45, 2.75) is 25.7 Å². The monoisotopic (exact) mass is 420 g/mol. The van der Waals surface area contributed by atoms with Gasteiger partial charge in [-0.1, -0.05) is 26.0 Å². The van der Waals surface area contributed by atoms with Crippen molar-refractivity contribution in [2.24, 2.45) is 5.10 Å². The zero-order valence-electron chi connectivity index (χ0n) is 16.7. The quantitative estimate of drug-likeness (QED) is 0.377. The lowest BCUT2D eigenvalue weighted by atomic mass is 10.1. The zero-order valence-corrected chi connectivity index (χ0v) is 17.6. The number of sulfonamides is 1. The number of methoxy groups -OCH3 is 1. The number of rotatable bonds is 9. The molecule has 0 heterocycles. The smallest absolute Gasteiger partial charge is 0.295 e. The molecule has 0 saturated carbocycles. The third-order valence-electron chi connectivity index (χ3n) is 4.34. The van der Waals surface area contributed by atoms with Gasteiger partial charge >= 0.3 is 0 Å². The highest BCUT2D eigenvalue weighted by Crippen LogP contribution is 2.29. The molecule has 0 unspecified atom stereocenters. The van der Waals surface area contributed by atoms with Gasteiger partial charge in [0, 0.05) is 24.7 Å². The second kappa shape index (κ2) is 9.48. The van der Waals surface area contributed by atoms with E-state index in [2.05, 4.69) is 10.5 Å². The van der Waals surface area contributed by atoms with Gasteiger partial charge < -0.3 is 4.74 Å². The van der Waals surface area contributed by atoms with Crippen LogP contribution in [0.25, 0.3) is 0 Å². The number of hydrogen-bond acceptors (Lipinski definition) is 7. The molecule has 1 N–H and O–H groups in total. The number of benzene rings is 2. The van der Waals surface area contributed by atoms with Crippen molar-refractivity contribution >= 4 is 27.1 Å². The minimum Gasteiger partial charge on any atom is -0.497 e. The Hall–Kier alpha value is -2.98. The summed E-state index contributed by atoms with van der Waals surface area (Å²) in [6.45, 7) is 5.71. The second-order valence-electron chi connectivity index (χ2n) is 6.07. The van der Waals surface area contributed by atoms with Gasteiger partial charge in [0.15, 0.2) is 0 Å². The minimum absolute atomic E-state index is 0.0933. The number of nitrogens with zero attached hydrogens (tertiary/aromatic N) is 3. The maximum Gasteiger partial charge on any atom is 0.295 e. The standard InChI is InChI=1S/C19H24N4O5S/c1-5-22(6-2)29(26,27)17-10-11-18(19(13-17)23(24)25)21-20-14(3)15-8-7-9-16(12-15)28-4/h7-13,21H,5-6H2,1-4H3/b20-14+. The molecule has 0 fully saturated rings. The van der Waals surface area contributed by atoms with E-state index in [1.54, 1.807) is 40.0 Å². The molecule has 0 radical (unpaired) electrons. The average Bonchev–Trinajstić information content (AvgIpc) is 2.72. The third kappa shape index (κ3) is 5.09. The Balaban J connectivity index is 2.37. The van der Waals surface area contributed by atoms with Crippen LogP contribution in [0.5, 0.6) is 5.75 Å². The highest BCUT2D eigenvalue weighted by molar-refractivity contribution is 7.89. The SMILES string of the molecule is CCN(CC)S(=O)(=O)c1ccc(N/N=C(\C)c2cccc(OC)c2)c([N+](=O)[O-])c1. The van der Waals surface area contributed by atoms with Crippen LogP contribution in [-0.2, 0) is 10.0 Å². The topological polar surface area (TPSA) is 114 Å². The van der Waals surface area contributed by atoms with Gasteiger partial charge in [0.05, 0.1) is 22.6 Å².